The predicted molar refractivity (Wildman–Crippen MR) is 120 cm³/mol. The third-order valence-corrected chi connectivity index (χ3v) is 5.66. The first kappa shape index (κ1) is 20.1. The standard InChI is InChI=1S/C24H22ClN3O2/c1-14-3-6-22-20(12-27-28-22)23(14)18-8-17(13-29)9-19(10-18)24(30)26-11-16-4-5-21(25)15(2)7-16/h3-10,12,29H,11,13H2,1-2H3,(H,26,30)(H,27,28). The van der Waals surface area contributed by atoms with Crippen molar-refractivity contribution in [2.45, 2.75) is 27.0 Å². The number of carbonyl (C=O) groups excluding carboxylic acids is 1. The van der Waals surface area contributed by atoms with E-state index in [1.165, 1.54) is 0 Å². The maximum Gasteiger partial charge on any atom is 0.251 e. The highest BCUT2D eigenvalue weighted by Gasteiger charge is 2.14. The van der Waals surface area contributed by atoms with Crippen molar-refractivity contribution in [2.75, 3.05) is 0 Å². The second kappa shape index (κ2) is 8.30. The van der Waals surface area contributed by atoms with Crippen molar-refractivity contribution in [2.24, 2.45) is 0 Å². The summed E-state index contributed by atoms with van der Waals surface area (Å²) in [5, 5.41) is 21.5. The van der Waals surface area contributed by atoms with E-state index in [1.54, 1.807) is 12.3 Å². The van der Waals surface area contributed by atoms with Gasteiger partial charge in [0.1, 0.15) is 0 Å². The Morgan fingerprint density at radius 3 is 2.67 bits per heavy atom. The number of fused-ring (bicyclic) bond motifs is 1. The van der Waals surface area contributed by atoms with Gasteiger partial charge in [-0.15, -0.1) is 0 Å². The van der Waals surface area contributed by atoms with E-state index in [0.717, 1.165) is 38.7 Å². The van der Waals surface area contributed by atoms with Crippen LogP contribution in [0.3, 0.4) is 0 Å². The molecule has 4 rings (SSSR count). The van der Waals surface area contributed by atoms with E-state index in [1.807, 2.05) is 56.3 Å². The molecule has 0 bridgehead atoms. The van der Waals surface area contributed by atoms with Crippen LogP contribution in [-0.2, 0) is 13.2 Å². The molecule has 6 heteroatoms. The van der Waals surface area contributed by atoms with E-state index in [4.69, 9.17) is 11.6 Å². The molecule has 1 aromatic heterocycles. The Bertz CT molecular complexity index is 1250. The SMILES string of the molecule is Cc1cc(CNC(=O)c2cc(CO)cc(-c3c(C)ccc4[nH]ncc34)c2)ccc1Cl. The molecule has 3 N–H and O–H groups in total. The van der Waals surface area contributed by atoms with Gasteiger partial charge in [-0.05, 0) is 77.6 Å². The van der Waals surface area contributed by atoms with E-state index in [0.29, 0.717) is 22.7 Å². The number of hydrogen-bond acceptors (Lipinski definition) is 3. The van der Waals surface area contributed by atoms with Crippen LogP contribution in [0, 0.1) is 13.8 Å². The third-order valence-electron chi connectivity index (χ3n) is 5.23. The van der Waals surface area contributed by atoms with Gasteiger partial charge in [0.2, 0.25) is 0 Å². The third kappa shape index (κ3) is 3.95. The number of aromatic nitrogens is 2. The second-order valence-electron chi connectivity index (χ2n) is 7.43. The first-order valence-corrected chi connectivity index (χ1v) is 10.0. The molecule has 0 radical (unpaired) electrons. The Kier molecular flexibility index (Phi) is 5.57. The minimum atomic E-state index is -0.198. The zero-order valence-corrected chi connectivity index (χ0v) is 17.5. The summed E-state index contributed by atoms with van der Waals surface area (Å²) in [6.07, 6.45) is 1.78. The zero-order valence-electron chi connectivity index (χ0n) is 16.8. The molecule has 0 aliphatic rings. The van der Waals surface area contributed by atoms with Crippen LogP contribution in [0.15, 0.2) is 54.7 Å². The van der Waals surface area contributed by atoms with Crippen LogP contribution in [0.4, 0.5) is 0 Å². The first-order chi connectivity index (χ1) is 14.5. The van der Waals surface area contributed by atoms with Crippen LogP contribution < -0.4 is 5.32 Å². The molecule has 0 spiro atoms. The smallest absolute Gasteiger partial charge is 0.251 e. The number of H-pyrrole nitrogens is 1. The number of aryl methyl sites for hydroxylation is 2. The van der Waals surface area contributed by atoms with Gasteiger partial charge in [0, 0.05) is 22.5 Å². The number of amides is 1. The number of halogens is 1. The molecule has 0 saturated carbocycles. The number of aromatic amines is 1. The number of nitrogens with zero attached hydrogens (tertiary/aromatic N) is 1. The number of carbonyl (C=O) groups is 1. The maximum atomic E-state index is 12.9. The average molecular weight is 420 g/mol. The van der Waals surface area contributed by atoms with Gasteiger partial charge in [-0.1, -0.05) is 29.8 Å². The lowest BCUT2D eigenvalue weighted by atomic mass is 9.94. The quantitative estimate of drug-likeness (QED) is 0.429. The summed E-state index contributed by atoms with van der Waals surface area (Å²) in [5.41, 5.74) is 7.00. The molecule has 1 amide bonds. The summed E-state index contributed by atoms with van der Waals surface area (Å²) in [7, 11) is 0. The molecule has 1 heterocycles. The van der Waals surface area contributed by atoms with Crippen molar-refractivity contribution in [3.63, 3.8) is 0 Å². The zero-order chi connectivity index (χ0) is 21.3. The summed E-state index contributed by atoms with van der Waals surface area (Å²) in [5.74, 6) is -0.198. The maximum absolute atomic E-state index is 12.9. The molecule has 5 nitrogen and oxygen atoms in total. The van der Waals surface area contributed by atoms with Gasteiger partial charge in [-0.2, -0.15) is 5.10 Å². The highest BCUT2D eigenvalue weighted by molar-refractivity contribution is 6.31. The molecule has 0 aliphatic heterocycles. The van der Waals surface area contributed by atoms with Crippen LogP contribution in [0.1, 0.15) is 32.6 Å². The molecule has 0 unspecified atom stereocenters. The fourth-order valence-electron chi connectivity index (χ4n) is 3.67. The Morgan fingerprint density at radius 2 is 1.90 bits per heavy atom. The van der Waals surface area contributed by atoms with Crippen molar-refractivity contribution >= 4 is 28.4 Å². The van der Waals surface area contributed by atoms with Crippen molar-refractivity contribution < 1.29 is 9.90 Å². The summed E-state index contributed by atoms with van der Waals surface area (Å²) >= 11 is 6.08. The van der Waals surface area contributed by atoms with E-state index < -0.39 is 0 Å². The summed E-state index contributed by atoms with van der Waals surface area (Å²) in [6, 6.07) is 15.2. The number of rotatable bonds is 5. The minimum absolute atomic E-state index is 0.148. The van der Waals surface area contributed by atoms with Crippen molar-refractivity contribution in [1.29, 1.82) is 0 Å². The van der Waals surface area contributed by atoms with Gasteiger partial charge in [0.15, 0.2) is 0 Å². The highest BCUT2D eigenvalue weighted by Crippen LogP contribution is 2.32. The molecule has 0 aliphatic carbocycles. The fourth-order valence-corrected chi connectivity index (χ4v) is 3.79. The van der Waals surface area contributed by atoms with Crippen LogP contribution in [-0.4, -0.2) is 21.2 Å². The second-order valence-corrected chi connectivity index (χ2v) is 7.84. The molecule has 3 aromatic carbocycles. The molecule has 0 atom stereocenters. The topological polar surface area (TPSA) is 78.0 Å². The summed E-state index contributed by atoms with van der Waals surface area (Å²) < 4.78 is 0. The normalized spacial score (nSPS) is 11.1. The molecule has 4 aromatic rings. The molecule has 30 heavy (non-hydrogen) atoms. The molecular weight excluding hydrogens is 398 g/mol. The molecule has 152 valence electrons. The summed E-state index contributed by atoms with van der Waals surface area (Å²) in [4.78, 5) is 12.9. The van der Waals surface area contributed by atoms with E-state index in [2.05, 4.69) is 15.5 Å². The van der Waals surface area contributed by atoms with Gasteiger partial charge in [0.05, 0.1) is 18.3 Å². The van der Waals surface area contributed by atoms with Crippen LogP contribution in [0.2, 0.25) is 5.02 Å². The van der Waals surface area contributed by atoms with Gasteiger partial charge in [-0.25, -0.2) is 0 Å². The van der Waals surface area contributed by atoms with Crippen LogP contribution in [0.25, 0.3) is 22.0 Å². The lowest BCUT2D eigenvalue weighted by Gasteiger charge is -2.13. The minimum Gasteiger partial charge on any atom is -0.392 e. The predicted octanol–water partition coefficient (Wildman–Crippen LogP) is 4.92. The largest absolute Gasteiger partial charge is 0.392 e. The van der Waals surface area contributed by atoms with E-state index >= 15 is 0 Å². The number of benzene rings is 3. The van der Waals surface area contributed by atoms with Gasteiger partial charge in [0.25, 0.3) is 5.91 Å². The van der Waals surface area contributed by atoms with Crippen LogP contribution in [0.5, 0.6) is 0 Å². The Morgan fingerprint density at radius 1 is 1.07 bits per heavy atom. The lowest BCUT2D eigenvalue weighted by molar-refractivity contribution is 0.0950. The fraction of sp³-hybridized carbons (Fsp3) is 0.167. The lowest BCUT2D eigenvalue weighted by Crippen LogP contribution is -2.23. The van der Waals surface area contributed by atoms with Gasteiger partial charge in [-0.3, -0.25) is 9.89 Å². The number of hydrogen-bond donors (Lipinski definition) is 3. The molecule has 0 saturated heterocycles. The van der Waals surface area contributed by atoms with E-state index in [-0.39, 0.29) is 12.5 Å². The van der Waals surface area contributed by atoms with Crippen molar-refractivity contribution in [1.82, 2.24) is 15.5 Å². The highest BCUT2D eigenvalue weighted by atomic mass is 35.5. The average Bonchev–Trinajstić information content (AvgIpc) is 3.22. The summed E-state index contributed by atoms with van der Waals surface area (Å²) in [6.45, 7) is 4.20. The first-order valence-electron chi connectivity index (χ1n) is 9.67. The Balaban J connectivity index is 1.67. The molecular formula is C24H22ClN3O2. The van der Waals surface area contributed by atoms with Crippen molar-refractivity contribution in [3.05, 3.63) is 87.6 Å². The van der Waals surface area contributed by atoms with E-state index in [9.17, 15) is 9.90 Å². The Labute approximate surface area is 179 Å². The number of aliphatic hydroxyl groups is 1. The van der Waals surface area contributed by atoms with Gasteiger partial charge >= 0.3 is 0 Å². The van der Waals surface area contributed by atoms with Crippen LogP contribution >= 0.6 is 11.6 Å². The number of aliphatic hydroxyl groups excluding tert-OH is 1. The molecule has 0 fully saturated rings. The Hall–Kier alpha value is -3.15. The van der Waals surface area contributed by atoms with Gasteiger partial charge < -0.3 is 10.4 Å². The number of nitrogens with one attached hydrogen (secondary N) is 2. The monoisotopic (exact) mass is 419 g/mol. The van der Waals surface area contributed by atoms with Crippen molar-refractivity contribution in [3.8, 4) is 11.1 Å².